The Hall–Kier alpha value is -2.24. The highest BCUT2D eigenvalue weighted by Gasteiger charge is 2.52. The predicted molar refractivity (Wildman–Crippen MR) is 124 cm³/mol. The molecule has 0 spiro atoms. The van der Waals surface area contributed by atoms with Gasteiger partial charge in [-0.25, -0.2) is 0 Å². The van der Waals surface area contributed by atoms with Crippen LogP contribution >= 0.6 is 11.6 Å². The minimum atomic E-state index is -0.872. The van der Waals surface area contributed by atoms with E-state index in [0.29, 0.717) is 23.1 Å². The third-order valence-electron chi connectivity index (χ3n) is 6.97. The lowest BCUT2D eigenvalue weighted by atomic mass is 9.71. The van der Waals surface area contributed by atoms with Crippen molar-refractivity contribution in [3.63, 3.8) is 0 Å². The molecule has 2 aromatic rings. The molecular weight excluding hydrogens is 428 g/mol. The molecule has 2 aromatic carbocycles. The second-order valence-electron chi connectivity index (χ2n) is 9.43. The van der Waals surface area contributed by atoms with E-state index in [1.807, 2.05) is 26.0 Å². The lowest BCUT2D eigenvalue weighted by Gasteiger charge is -2.50. The topological polar surface area (TPSA) is 65.0 Å². The summed E-state index contributed by atoms with van der Waals surface area (Å²) in [6.45, 7) is 8.59. The second kappa shape index (κ2) is 8.95. The molecule has 172 valence electrons. The Morgan fingerprint density at radius 3 is 2.62 bits per heavy atom. The Bertz CT molecular complexity index is 971. The normalized spacial score (nSPS) is 26.9. The summed E-state index contributed by atoms with van der Waals surface area (Å²) in [6.07, 6.45) is 0.660. The van der Waals surface area contributed by atoms with Crippen molar-refractivity contribution in [3.8, 4) is 11.5 Å². The summed E-state index contributed by atoms with van der Waals surface area (Å²) < 4.78 is 19.0. The van der Waals surface area contributed by atoms with E-state index in [9.17, 15) is 9.90 Å². The van der Waals surface area contributed by atoms with Gasteiger partial charge >= 0.3 is 5.97 Å². The van der Waals surface area contributed by atoms with Gasteiger partial charge in [0.25, 0.3) is 0 Å². The van der Waals surface area contributed by atoms with Crippen molar-refractivity contribution in [2.24, 2.45) is 11.8 Å². The molecule has 1 saturated heterocycles. The first-order valence-electron chi connectivity index (χ1n) is 11.3. The molecule has 4 rings (SSSR count). The zero-order valence-corrected chi connectivity index (χ0v) is 19.8. The van der Waals surface area contributed by atoms with Crippen molar-refractivity contribution in [2.75, 3.05) is 6.61 Å². The number of carboxylic acid groups (broad SMARTS) is 1. The van der Waals surface area contributed by atoms with Crippen molar-refractivity contribution < 1.29 is 24.1 Å². The smallest absolute Gasteiger partial charge is 0.309 e. The monoisotopic (exact) mass is 458 g/mol. The average molecular weight is 459 g/mol. The van der Waals surface area contributed by atoms with Gasteiger partial charge in [0.1, 0.15) is 29.8 Å². The van der Waals surface area contributed by atoms with Gasteiger partial charge in [0.05, 0.1) is 12.0 Å². The van der Waals surface area contributed by atoms with Crippen LogP contribution in [-0.4, -0.2) is 29.4 Å². The van der Waals surface area contributed by atoms with E-state index in [1.54, 1.807) is 24.3 Å². The standard InChI is InChI=1S/C26H31ClO5/c1-5-15(2)18-7-6-8-19-23(18)32-26(3,4)21-13-20(25(28)29)22(31-24(19)21)14-30-17-11-9-16(27)10-12-17/h6-12,15,20-22,24H,5,13-14H2,1-4H3,(H,28,29)/t15?,20?,21-,22?,24+/m0/s1. The van der Waals surface area contributed by atoms with Crippen molar-refractivity contribution >= 4 is 17.6 Å². The molecule has 6 heteroatoms. The number of carboxylic acids is 1. The van der Waals surface area contributed by atoms with Crippen LogP contribution in [0.1, 0.15) is 63.7 Å². The molecule has 5 nitrogen and oxygen atoms in total. The quantitative estimate of drug-likeness (QED) is 0.554. The first-order chi connectivity index (χ1) is 15.2. The Balaban J connectivity index is 1.65. The highest BCUT2D eigenvalue weighted by molar-refractivity contribution is 6.30. The van der Waals surface area contributed by atoms with Crippen LogP contribution in [0.15, 0.2) is 42.5 Å². The summed E-state index contributed by atoms with van der Waals surface area (Å²) in [7, 11) is 0. The van der Waals surface area contributed by atoms with Crippen molar-refractivity contribution in [3.05, 3.63) is 58.6 Å². The van der Waals surface area contributed by atoms with E-state index in [1.165, 1.54) is 5.56 Å². The molecule has 0 aromatic heterocycles. The van der Waals surface area contributed by atoms with Gasteiger partial charge in [0.2, 0.25) is 0 Å². The predicted octanol–water partition coefficient (Wildman–Crippen LogP) is 6.25. The maximum Gasteiger partial charge on any atom is 0.309 e. The lowest BCUT2D eigenvalue weighted by Crippen LogP contribution is -2.53. The van der Waals surface area contributed by atoms with Crippen LogP contribution < -0.4 is 9.47 Å². The van der Waals surface area contributed by atoms with E-state index < -0.39 is 23.6 Å². The maximum atomic E-state index is 12.1. The maximum absolute atomic E-state index is 12.1. The summed E-state index contributed by atoms with van der Waals surface area (Å²) in [5.41, 5.74) is 1.64. The van der Waals surface area contributed by atoms with Gasteiger partial charge in [-0.3, -0.25) is 4.79 Å². The molecule has 1 N–H and O–H groups in total. The summed E-state index contributed by atoms with van der Waals surface area (Å²) in [5, 5.41) is 10.6. The van der Waals surface area contributed by atoms with Gasteiger partial charge < -0.3 is 19.3 Å². The number of carbonyl (C=O) groups is 1. The fourth-order valence-electron chi connectivity index (χ4n) is 4.85. The van der Waals surface area contributed by atoms with Crippen LogP contribution in [0.4, 0.5) is 0 Å². The third-order valence-corrected chi connectivity index (χ3v) is 7.22. The van der Waals surface area contributed by atoms with Crippen LogP contribution in [0, 0.1) is 11.8 Å². The van der Waals surface area contributed by atoms with E-state index in [4.69, 9.17) is 25.8 Å². The first-order valence-corrected chi connectivity index (χ1v) is 11.7. The molecule has 1 fully saturated rings. The molecule has 0 bridgehead atoms. The van der Waals surface area contributed by atoms with Crippen molar-refractivity contribution in [1.29, 1.82) is 0 Å². The number of fused-ring (bicyclic) bond motifs is 3. The van der Waals surface area contributed by atoms with Crippen LogP contribution in [0.5, 0.6) is 11.5 Å². The number of ether oxygens (including phenoxy) is 3. The van der Waals surface area contributed by atoms with Gasteiger partial charge in [0.15, 0.2) is 0 Å². The number of rotatable bonds is 6. The molecule has 5 atom stereocenters. The summed E-state index contributed by atoms with van der Waals surface area (Å²) in [5.74, 6) is 0.260. The molecule has 0 saturated carbocycles. The number of para-hydroxylation sites is 1. The van der Waals surface area contributed by atoms with E-state index >= 15 is 0 Å². The summed E-state index contributed by atoms with van der Waals surface area (Å²) in [4.78, 5) is 12.1. The second-order valence-corrected chi connectivity index (χ2v) is 9.86. The van der Waals surface area contributed by atoms with Gasteiger partial charge in [0, 0.05) is 16.5 Å². The average Bonchev–Trinajstić information content (AvgIpc) is 2.77. The zero-order valence-electron chi connectivity index (χ0n) is 19.0. The van der Waals surface area contributed by atoms with Crippen molar-refractivity contribution in [2.45, 2.75) is 64.3 Å². The Morgan fingerprint density at radius 2 is 1.97 bits per heavy atom. The fourth-order valence-corrected chi connectivity index (χ4v) is 4.98. The highest BCUT2D eigenvalue weighted by Crippen LogP contribution is 2.53. The minimum Gasteiger partial charge on any atom is -0.491 e. The number of aliphatic carboxylic acids is 1. The number of benzene rings is 2. The van der Waals surface area contributed by atoms with Crippen LogP contribution in [0.3, 0.4) is 0 Å². The Labute approximate surface area is 194 Å². The zero-order chi connectivity index (χ0) is 23.0. The number of hydrogen-bond donors (Lipinski definition) is 1. The SMILES string of the molecule is CCC(C)c1cccc2c1OC(C)(C)[C@H]1CC(C(=O)O)C(COc3ccc(Cl)cc3)O[C@H]21. The van der Waals surface area contributed by atoms with E-state index in [2.05, 4.69) is 19.9 Å². The number of halogens is 1. The largest absolute Gasteiger partial charge is 0.491 e. The van der Waals surface area contributed by atoms with Crippen LogP contribution in [0.2, 0.25) is 5.02 Å². The van der Waals surface area contributed by atoms with E-state index in [0.717, 1.165) is 17.7 Å². The molecule has 0 aliphatic carbocycles. The molecule has 2 aliphatic heterocycles. The third kappa shape index (κ3) is 4.33. The van der Waals surface area contributed by atoms with Gasteiger partial charge in [-0.1, -0.05) is 43.6 Å². The minimum absolute atomic E-state index is 0.0740. The number of hydrogen-bond acceptors (Lipinski definition) is 4. The Kier molecular flexibility index (Phi) is 6.42. The molecule has 32 heavy (non-hydrogen) atoms. The fraction of sp³-hybridized carbons (Fsp3) is 0.500. The van der Waals surface area contributed by atoms with Gasteiger partial charge in [-0.05, 0) is 62.4 Å². The Morgan fingerprint density at radius 1 is 1.25 bits per heavy atom. The van der Waals surface area contributed by atoms with Gasteiger partial charge in [-0.15, -0.1) is 0 Å². The molecule has 3 unspecified atom stereocenters. The highest BCUT2D eigenvalue weighted by atomic mass is 35.5. The van der Waals surface area contributed by atoms with Crippen LogP contribution in [0.25, 0.3) is 0 Å². The van der Waals surface area contributed by atoms with E-state index in [-0.39, 0.29) is 18.6 Å². The van der Waals surface area contributed by atoms with Crippen LogP contribution in [-0.2, 0) is 9.53 Å². The molecule has 0 amide bonds. The summed E-state index contributed by atoms with van der Waals surface area (Å²) >= 11 is 5.95. The molecular formula is C26H31ClO5. The van der Waals surface area contributed by atoms with Gasteiger partial charge in [-0.2, -0.15) is 0 Å². The summed E-state index contributed by atoms with van der Waals surface area (Å²) in [6, 6.07) is 13.3. The first kappa shape index (κ1) is 22.9. The lowest BCUT2D eigenvalue weighted by molar-refractivity contribution is -0.192. The molecule has 2 aliphatic rings. The molecule has 2 heterocycles. The molecule has 0 radical (unpaired) electrons. The van der Waals surface area contributed by atoms with Crippen molar-refractivity contribution in [1.82, 2.24) is 0 Å².